The highest BCUT2D eigenvalue weighted by molar-refractivity contribution is 6.32. The number of aromatic hydroxyl groups is 2. The first-order valence-electron chi connectivity index (χ1n) is 7.98. The fraction of sp³-hybridized carbons (Fsp3) is 0.368. The van der Waals surface area contributed by atoms with Crippen LogP contribution in [-0.2, 0) is 5.41 Å². The molecule has 120 valence electrons. The summed E-state index contributed by atoms with van der Waals surface area (Å²) < 4.78 is 0. The Morgan fingerprint density at radius 2 is 1.43 bits per heavy atom. The molecule has 2 bridgehead atoms. The summed E-state index contributed by atoms with van der Waals surface area (Å²) in [6.07, 6.45) is 4.77. The Bertz CT molecular complexity index is 720. The lowest BCUT2D eigenvalue weighted by Crippen LogP contribution is -2.34. The van der Waals surface area contributed by atoms with Gasteiger partial charge in [0.25, 0.3) is 0 Å². The van der Waals surface area contributed by atoms with E-state index in [0.29, 0.717) is 16.0 Å². The van der Waals surface area contributed by atoms with E-state index < -0.39 is 0 Å². The molecule has 2 saturated carbocycles. The third kappa shape index (κ3) is 2.23. The first kappa shape index (κ1) is 15.2. The second-order valence-electron chi connectivity index (χ2n) is 6.88. The van der Waals surface area contributed by atoms with Crippen molar-refractivity contribution in [3.8, 4) is 11.5 Å². The third-order valence-corrected chi connectivity index (χ3v) is 6.38. The van der Waals surface area contributed by atoms with Crippen molar-refractivity contribution in [3.05, 3.63) is 57.6 Å². The van der Waals surface area contributed by atoms with Crippen molar-refractivity contribution in [3.63, 3.8) is 0 Å². The first-order valence-corrected chi connectivity index (χ1v) is 8.74. The Balaban J connectivity index is 1.91. The van der Waals surface area contributed by atoms with Crippen LogP contribution in [-0.4, -0.2) is 10.2 Å². The predicted octanol–water partition coefficient (Wildman–Crippen LogP) is 5.51. The number of benzene rings is 2. The number of hydrogen-bond acceptors (Lipinski definition) is 2. The summed E-state index contributed by atoms with van der Waals surface area (Å²) in [7, 11) is 0. The smallest absolute Gasteiger partial charge is 0.134 e. The molecule has 2 nitrogen and oxygen atoms in total. The summed E-state index contributed by atoms with van der Waals surface area (Å²) in [4.78, 5) is 0. The average molecular weight is 349 g/mol. The number of phenols is 2. The molecule has 0 saturated heterocycles. The molecule has 2 unspecified atom stereocenters. The Morgan fingerprint density at radius 1 is 0.870 bits per heavy atom. The summed E-state index contributed by atoms with van der Waals surface area (Å²) in [6.45, 7) is 0. The van der Waals surface area contributed by atoms with Crippen LogP contribution in [0.3, 0.4) is 0 Å². The van der Waals surface area contributed by atoms with Gasteiger partial charge in [0.1, 0.15) is 11.5 Å². The summed E-state index contributed by atoms with van der Waals surface area (Å²) in [5, 5.41) is 20.3. The van der Waals surface area contributed by atoms with Crippen LogP contribution in [0.5, 0.6) is 11.5 Å². The van der Waals surface area contributed by atoms with E-state index in [1.807, 2.05) is 24.3 Å². The molecule has 0 heterocycles. The molecular weight excluding hydrogens is 331 g/mol. The van der Waals surface area contributed by atoms with Crippen molar-refractivity contribution in [1.82, 2.24) is 0 Å². The lowest BCUT2D eigenvalue weighted by atomic mass is 9.64. The fourth-order valence-corrected chi connectivity index (χ4v) is 5.13. The van der Waals surface area contributed by atoms with Gasteiger partial charge in [-0.05, 0) is 66.5 Å². The van der Waals surface area contributed by atoms with Crippen LogP contribution in [0.15, 0.2) is 36.4 Å². The van der Waals surface area contributed by atoms with E-state index in [1.54, 1.807) is 12.1 Å². The zero-order valence-corrected chi connectivity index (χ0v) is 14.1. The van der Waals surface area contributed by atoms with Crippen molar-refractivity contribution in [1.29, 1.82) is 0 Å². The fourth-order valence-electron chi connectivity index (χ4n) is 4.77. The van der Waals surface area contributed by atoms with E-state index in [9.17, 15) is 10.2 Å². The zero-order chi connectivity index (χ0) is 16.2. The van der Waals surface area contributed by atoms with E-state index >= 15 is 0 Å². The maximum Gasteiger partial charge on any atom is 0.134 e. The molecule has 4 rings (SSSR count). The second-order valence-corrected chi connectivity index (χ2v) is 7.70. The molecule has 0 aliphatic heterocycles. The third-order valence-electron chi connectivity index (χ3n) is 5.77. The summed E-state index contributed by atoms with van der Waals surface area (Å²) in [5.41, 5.74) is 2.14. The van der Waals surface area contributed by atoms with E-state index in [4.69, 9.17) is 23.2 Å². The molecule has 0 amide bonds. The van der Waals surface area contributed by atoms with Crippen LogP contribution in [0.2, 0.25) is 10.0 Å². The Kier molecular flexibility index (Phi) is 3.51. The molecule has 2 aromatic rings. The van der Waals surface area contributed by atoms with E-state index in [-0.39, 0.29) is 16.9 Å². The largest absolute Gasteiger partial charge is 0.506 e. The Hall–Kier alpha value is -1.38. The SMILES string of the molecule is Oc1ccc(C2(c3ccc(O)c(Cl)c3)CC3CCC2C3)cc1Cl. The maximum absolute atomic E-state index is 9.77. The Morgan fingerprint density at radius 3 is 1.83 bits per heavy atom. The molecule has 23 heavy (non-hydrogen) atoms. The molecule has 2 N–H and O–H groups in total. The van der Waals surface area contributed by atoms with Gasteiger partial charge in [0, 0.05) is 5.41 Å². The van der Waals surface area contributed by atoms with Crippen molar-refractivity contribution < 1.29 is 10.2 Å². The monoisotopic (exact) mass is 348 g/mol. The highest BCUT2D eigenvalue weighted by atomic mass is 35.5. The van der Waals surface area contributed by atoms with Gasteiger partial charge in [-0.1, -0.05) is 41.8 Å². The van der Waals surface area contributed by atoms with E-state index in [2.05, 4.69) is 0 Å². The average Bonchev–Trinajstić information content (AvgIpc) is 3.14. The number of halogens is 2. The van der Waals surface area contributed by atoms with Gasteiger partial charge in [-0.15, -0.1) is 0 Å². The molecule has 2 aliphatic rings. The molecular formula is C19H18Cl2O2. The highest BCUT2D eigenvalue weighted by Gasteiger charge is 2.52. The van der Waals surface area contributed by atoms with Gasteiger partial charge >= 0.3 is 0 Å². The molecule has 2 aliphatic carbocycles. The molecule has 2 fully saturated rings. The summed E-state index contributed by atoms with van der Waals surface area (Å²) >= 11 is 12.4. The summed E-state index contributed by atoms with van der Waals surface area (Å²) in [5.74, 6) is 1.49. The molecule has 0 radical (unpaired) electrons. The predicted molar refractivity (Wildman–Crippen MR) is 92.5 cm³/mol. The molecule has 2 aromatic carbocycles. The molecule has 0 spiro atoms. The van der Waals surface area contributed by atoms with E-state index in [0.717, 1.165) is 23.5 Å². The van der Waals surface area contributed by atoms with Crippen LogP contribution in [0.1, 0.15) is 36.8 Å². The molecule has 2 atom stereocenters. The Labute approximate surface area is 145 Å². The first-order chi connectivity index (χ1) is 11.0. The van der Waals surface area contributed by atoms with Gasteiger partial charge in [0.15, 0.2) is 0 Å². The van der Waals surface area contributed by atoms with Gasteiger partial charge < -0.3 is 10.2 Å². The lowest BCUT2D eigenvalue weighted by Gasteiger charge is -2.39. The van der Waals surface area contributed by atoms with Gasteiger partial charge in [-0.25, -0.2) is 0 Å². The highest BCUT2D eigenvalue weighted by Crippen LogP contribution is 2.60. The van der Waals surface area contributed by atoms with Crippen LogP contribution in [0.25, 0.3) is 0 Å². The van der Waals surface area contributed by atoms with Crippen molar-refractivity contribution in [2.24, 2.45) is 11.8 Å². The minimum Gasteiger partial charge on any atom is -0.506 e. The number of rotatable bonds is 2. The minimum absolute atomic E-state index is 0.109. The van der Waals surface area contributed by atoms with Gasteiger partial charge in [0.2, 0.25) is 0 Å². The van der Waals surface area contributed by atoms with Crippen LogP contribution in [0, 0.1) is 11.8 Å². The quantitative estimate of drug-likeness (QED) is 0.750. The zero-order valence-electron chi connectivity index (χ0n) is 12.6. The lowest BCUT2D eigenvalue weighted by molar-refractivity contribution is 0.319. The summed E-state index contributed by atoms with van der Waals surface area (Å²) in [6, 6.07) is 11.1. The van der Waals surface area contributed by atoms with Crippen LogP contribution in [0.4, 0.5) is 0 Å². The molecule has 4 heteroatoms. The van der Waals surface area contributed by atoms with Gasteiger partial charge in [-0.3, -0.25) is 0 Å². The molecule has 0 aromatic heterocycles. The second kappa shape index (κ2) is 5.32. The van der Waals surface area contributed by atoms with Crippen molar-refractivity contribution in [2.75, 3.05) is 0 Å². The van der Waals surface area contributed by atoms with Crippen LogP contribution >= 0.6 is 23.2 Å². The minimum atomic E-state index is -0.127. The van der Waals surface area contributed by atoms with Gasteiger partial charge in [-0.2, -0.15) is 0 Å². The van der Waals surface area contributed by atoms with Gasteiger partial charge in [0.05, 0.1) is 10.0 Å². The standard InChI is InChI=1S/C19H18Cl2O2/c20-15-8-13(3-5-17(15)22)19(10-11-1-2-12(19)7-11)14-4-6-18(23)16(21)9-14/h3-6,8-9,11-12,22-23H,1-2,7,10H2. The number of phenolic OH excluding ortho intramolecular Hbond substituents is 2. The topological polar surface area (TPSA) is 40.5 Å². The number of hydrogen-bond donors (Lipinski definition) is 2. The normalized spacial score (nSPS) is 25.0. The number of fused-ring (bicyclic) bond motifs is 2. The van der Waals surface area contributed by atoms with Crippen molar-refractivity contribution >= 4 is 23.2 Å². The van der Waals surface area contributed by atoms with Crippen LogP contribution < -0.4 is 0 Å². The maximum atomic E-state index is 9.77. The van der Waals surface area contributed by atoms with Crippen molar-refractivity contribution in [2.45, 2.75) is 31.1 Å². The van der Waals surface area contributed by atoms with E-state index in [1.165, 1.54) is 19.3 Å².